The maximum atomic E-state index is 12.1. The molecule has 0 amide bonds. The molecule has 0 saturated carbocycles. The molecule has 1 unspecified atom stereocenters. The molecule has 1 atom stereocenters. The molecule has 0 aliphatic carbocycles. The van der Waals surface area contributed by atoms with E-state index in [1.54, 1.807) is 49.5 Å². The monoisotopic (exact) mass is 552 g/mol. The fourth-order valence-corrected chi connectivity index (χ4v) is 3.48. The van der Waals surface area contributed by atoms with Gasteiger partial charge in [-0.3, -0.25) is 4.99 Å². The number of benzene rings is 2. The van der Waals surface area contributed by atoms with E-state index in [1.807, 2.05) is 19.1 Å². The van der Waals surface area contributed by atoms with Crippen LogP contribution in [0.2, 0.25) is 5.02 Å². The van der Waals surface area contributed by atoms with Gasteiger partial charge in [0.25, 0.3) is 0 Å². The molecular formula is C19H26ClIN4O3S. The predicted molar refractivity (Wildman–Crippen MR) is 128 cm³/mol. The molecule has 0 aromatic heterocycles. The van der Waals surface area contributed by atoms with Gasteiger partial charge in [0, 0.05) is 25.2 Å². The van der Waals surface area contributed by atoms with Gasteiger partial charge in [-0.05, 0) is 43.3 Å². The van der Waals surface area contributed by atoms with Gasteiger partial charge in [0.15, 0.2) is 5.96 Å². The summed E-state index contributed by atoms with van der Waals surface area (Å²) in [4.78, 5) is 4.36. The van der Waals surface area contributed by atoms with Gasteiger partial charge in [-0.1, -0.05) is 29.8 Å². The second-order valence-electron chi connectivity index (χ2n) is 5.97. The lowest BCUT2D eigenvalue weighted by Gasteiger charge is -2.18. The molecule has 0 radical (unpaired) electrons. The van der Waals surface area contributed by atoms with Crippen LogP contribution in [-0.2, 0) is 10.0 Å². The number of hydrogen-bond acceptors (Lipinski definition) is 4. The number of aliphatic imine (C=N–C) groups is 1. The van der Waals surface area contributed by atoms with Gasteiger partial charge in [-0.25, -0.2) is 13.1 Å². The van der Waals surface area contributed by atoms with Gasteiger partial charge in [0.1, 0.15) is 11.9 Å². The molecule has 29 heavy (non-hydrogen) atoms. The molecule has 7 nitrogen and oxygen atoms in total. The highest BCUT2D eigenvalue weighted by molar-refractivity contribution is 14.0. The van der Waals surface area contributed by atoms with Crippen molar-refractivity contribution in [3.8, 4) is 5.75 Å². The Morgan fingerprint density at radius 1 is 1.07 bits per heavy atom. The molecule has 160 valence electrons. The lowest BCUT2D eigenvalue weighted by molar-refractivity contribution is 0.224. The summed E-state index contributed by atoms with van der Waals surface area (Å²) < 4.78 is 32.6. The van der Waals surface area contributed by atoms with Crippen molar-refractivity contribution in [1.82, 2.24) is 15.4 Å². The summed E-state index contributed by atoms with van der Waals surface area (Å²) in [5.74, 6) is 1.29. The Morgan fingerprint density at radius 3 is 2.34 bits per heavy atom. The third-order valence-electron chi connectivity index (χ3n) is 3.69. The average molecular weight is 553 g/mol. The predicted octanol–water partition coefficient (Wildman–Crippen LogP) is 2.87. The zero-order valence-electron chi connectivity index (χ0n) is 16.3. The fourth-order valence-electron chi connectivity index (χ4n) is 2.30. The number of ether oxygens (including phenoxy) is 1. The average Bonchev–Trinajstić information content (AvgIpc) is 2.70. The van der Waals surface area contributed by atoms with Crippen LogP contribution in [0.5, 0.6) is 5.75 Å². The number of nitrogens with zero attached hydrogens (tertiary/aromatic N) is 1. The second kappa shape index (κ2) is 12.9. The minimum Gasteiger partial charge on any atom is -0.489 e. The highest BCUT2D eigenvalue weighted by Gasteiger charge is 2.12. The lowest BCUT2D eigenvalue weighted by Crippen LogP contribution is -2.44. The van der Waals surface area contributed by atoms with E-state index < -0.39 is 10.0 Å². The fraction of sp³-hybridized carbons (Fsp3) is 0.316. The first-order valence-corrected chi connectivity index (χ1v) is 10.7. The molecule has 3 N–H and O–H groups in total. The number of sulfonamides is 1. The SMILES string of the molecule is CN=C(NCCNS(=O)(=O)c1ccccc1)NCC(C)Oc1ccc(Cl)cc1.I. The Kier molecular flexibility index (Phi) is 11.3. The van der Waals surface area contributed by atoms with Crippen LogP contribution in [0, 0.1) is 0 Å². The Hall–Kier alpha value is -1.56. The molecule has 0 fully saturated rings. The summed E-state index contributed by atoms with van der Waals surface area (Å²) in [5.41, 5.74) is 0. The van der Waals surface area contributed by atoms with Gasteiger partial charge in [0.05, 0.1) is 11.4 Å². The third-order valence-corrected chi connectivity index (χ3v) is 5.42. The smallest absolute Gasteiger partial charge is 0.240 e. The van der Waals surface area contributed by atoms with E-state index >= 15 is 0 Å². The molecule has 10 heteroatoms. The summed E-state index contributed by atoms with van der Waals surface area (Å²) >= 11 is 5.86. The molecule has 2 rings (SSSR count). The Labute approximate surface area is 194 Å². The zero-order chi connectivity index (χ0) is 20.4. The van der Waals surface area contributed by atoms with Crippen molar-refractivity contribution in [2.24, 2.45) is 4.99 Å². The topological polar surface area (TPSA) is 91.8 Å². The normalized spacial score (nSPS) is 12.6. The summed E-state index contributed by atoms with van der Waals surface area (Å²) in [6.45, 7) is 3.08. The summed E-state index contributed by atoms with van der Waals surface area (Å²) in [7, 11) is -1.86. The van der Waals surface area contributed by atoms with E-state index in [0.717, 1.165) is 5.75 Å². The molecule has 0 aliphatic rings. The van der Waals surface area contributed by atoms with Crippen LogP contribution in [-0.4, -0.2) is 47.2 Å². The molecule has 0 spiro atoms. The first-order chi connectivity index (χ1) is 13.4. The number of halogens is 2. The molecule has 0 heterocycles. The van der Waals surface area contributed by atoms with E-state index in [-0.39, 0.29) is 41.5 Å². The van der Waals surface area contributed by atoms with Crippen LogP contribution in [0.1, 0.15) is 6.92 Å². The maximum absolute atomic E-state index is 12.1. The summed E-state index contributed by atoms with van der Waals surface area (Å²) in [6, 6.07) is 15.4. The first kappa shape index (κ1) is 25.5. The number of rotatable bonds is 9. The van der Waals surface area contributed by atoms with E-state index in [2.05, 4.69) is 20.3 Å². The van der Waals surface area contributed by atoms with Crippen LogP contribution < -0.4 is 20.1 Å². The van der Waals surface area contributed by atoms with Crippen LogP contribution in [0.3, 0.4) is 0 Å². The Morgan fingerprint density at radius 2 is 1.72 bits per heavy atom. The minimum absolute atomic E-state index is 0. The molecule has 0 bridgehead atoms. The maximum Gasteiger partial charge on any atom is 0.240 e. The Bertz CT molecular complexity index is 865. The van der Waals surface area contributed by atoms with Crippen molar-refractivity contribution in [3.05, 3.63) is 59.6 Å². The standard InChI is InChI=1S/C19H25ClN4O3S.HI/c1-15(27-17-10-8-16(20)9-11-17)14-23-19(21-2)22-12-13-24-28(25,26)18-6-4-3-5-7-18;/h3-11,15,24H,12-14H2,1-2H3,(H2,21,22,23);1H. The molecule has 0 saturated heterocycles. The molecule has 2 aromatic rings. The van der Waals surface area contributed by atoms with Crippen LogP contribution >= 0.6 is 35.6 Å². The van der Waals surface area contributed by atoms with E-state index in [4.69, 9.17) is 16.3 Å². The van der Waals surface area contributed by atoms with Gasteiger partial charge in [-0.2, -0.15) is 0 Å². The van der Waals surface area contributed by atoms with Crippen molar-refractivity contribution in [2.45, 2.75) is 17.9 Å². The van der Waals surface area contributed by atoms with Crippen molar-refractivity contribution in [1.29, 1.82) is 0 Å². The van der Waals surface area contributed by atoms with Gasteiger partial charge < -0.3 is 15.4 Å². The summed E-state index contributed by atoms with van der Waals surface area (Å²) in [6.07, 6.45) is -0.101. The van der Waals surface area contributed by atoms with Gasteiger partial charge in [-0.15, -0.1) is 24.0 Å². The molecular weight excluding hydrogens is 527 g/mol. The van der Waals surface area contributed by atoms with Gasteiger partial charge in [0.2, 0.25) is 10.0 Å². The van der Waals surface area contributed by atoms with Crippen LogP contribution in [0.25, 0.3) is 0 Å². The van der Waals surface area contributed by atoms with E-state index in [0.29, 0.717) is 24.1 Å². The quantitative estimate of drug-likeness (QED) is 0.193. The first-order valence-electron chi connectivity index (χ1n) is 8.82. The molecule has 2 aromatic carbocycles. The number of nitrogens with one attached hydrogen (secondary N) is 3. The van der Waals surface area contributed by atoms with Crippen molar-refractivity contribution < 1.29 is 13.2 Å². The molecule has 0 aliphatic heterocycles. The van der Waals surface area contributed by atoms with Crippen molar-refractivity contribution >= 4 is 51.6 Å². The Balaban J connectivity index is 0.00000420. The lowest BCUT2D eigenvalue weighted by atomic mass is 10.3. The highest BCUT2D eigenvalue weighted by Crippen LogP contribution is 2.16. The second-order valence-corrected chi connectivity index (χ2v) is 8.18. The summed E-state index contributed by atoms with van der Waals surface area (Å²) in [5, 5.41) is 6.86. The zero-order valence-corrected chi connectivity index (χ0v) is 20.2. The van der Waals surface area contributed by atoms with Crippen molar-refractivity contribution in [2.75, 3.05) is 26.7 Å². The van der Waals surface area contributed by atoms with Crippen LogP contribution in [0.4, 0.5) is 0 Å². The highest BCUT2D eigenvalue weighted by atomic mass is 127. The van der Waals surface area contributed by atoms with Crippen molar-refractivity contribution in [3.63, 3.8) is 0 Å². The van der Waals surface area contributed by atoms with Gasteiger partial charge >= 0.3 is 0 Å². The minimum atomic E-state index is -3.51. The third kappa shape index (κ3) is 9.20. The largest absolute Gasteiger partial charge is 0.489 e. The van der Waals surface area contributed by atoms with Crippen LogP contribution in [0.15, 0.2) is 64.5 Å². The van der Waals surface area contributed by atoms with E-state index in [1.165, 1.54) is 0 Å². The van der Waals surface area contributed by atoms with E-state index in [9.17, 15) is 8.42 Å². The number of hydrogen-bond donors (Lipinski definition) is 3. The number of guanidine groups is 1.